The highest BCUT2D eigenvalue weighted by molar-refractivity contribution is 6.15. The van der Waals surface area contributed by atoms with Crippen molar-refractivity contribution in [2.45, 2.75) is 38.5 Å². The topological polar surface area (TPSA) is 40.6 Å². The highest BCUT2D eigenvalue weighted by Gasteiger charge is 2.37. The predicted molar refractivity (Wildman–Crippen MR) is 413 cm³/mol. The van der Waals surface area contributed by atoms with Gasteiger partial charge in [0.25, 0.3) is 0 Å². The molecule has 99 heavy (non-hydrogen) atoms. The average Bonchev–Trinajstić information content (AvgIpc) is 1.58. The zero-order chi connectivity index (χ0) is 65.8. The zero-order valence-electron chi connectivity index (χ0n) is 55.3. The van der Waals surface area contributed by atoms with Crippen molar-refractivity contribution >= 4 is 65.4 Å². The summed E-state index contributed by atoms with van der Waals surface area (Å²) < 4.78 is 7.37. The smallest absolute Gasteiger partial charge is 0.160 e. The number of para-hydroxylation sites is 2. The van der Waals surface area contributed by atoms with Crippen LogP contribution in [-0.2, 0) is 10.8 Å². The van der Waals surface area contributed by atoms with Crippen molar-refractivity contribution in [1.82, 2.24) is 23.7 Å². The van der Waals surface area contributed by atoms with Gasteiger partial charge in [-0.2, -0.15) is 0 Å². The van der Waals surface area contributed by atoms with Gasteiger partial charge >= 0.3 is 0 Å². The van der Waals surface area contributed by atoms with E-state index in [9.17, 15) is 0 Å². The summed E-state index contributed by atoms with van der Waals surface area (Å²) in [5.41, 5.74) is 32.8. The number of hydrogen-bond acceptors (Lipinski definition) is 2. The van der Waals surface area contributed by atoms with E-state index in [0.29, 0.717) is 5.82 Å². The van der Waals surface area contributed by atoms with Crippen molar-refractivity contribution in [1.29, 1.82) is 0 Å². The van der Waals surface area contributed by atoms with Crippen LogP contribution in [0.5, 0.6) is 0 Å². The second-order valence-electron chi connectivity index (χ2n) is 28.1. The van der Waals surface area contributed by atoms with Gasteiger partial charge in [-0.05, 0) is 193 Å². The molecule has 0 amide bonds. The first-order valence-electron chi connectivity index (χ1n) is 34.4. The van der Waals surface area contributed by atoms with E-state index in [1.54, 1.807) is 0 Å². The Morgan fingerprint density at radius 2 is 0.525 bits per heavy atom. The summed E-state index contributed by atoms with van der Waals surface area (Å²) in [5.74, 6) is 0.672. The van der Waals surface area contributed by atoms with Crippen molar-refractivity contribution in [3.8, 4) is 107 Å². The van der Waals surface area contributed by atoms with E-state index in [1.807, 2.05) is 6.07 Å². The van der Waals surface area contributed by atoms with Crippen LogP contribution in [0.1, 0.15) is 49.9 Å². The van der Waals surface area contributed by atoms with Gasteiger partial charge in [-0.1, -0.05) is 234 Å². The molecule has 4 aromatic heterocycles. The van der Waals surface area contributed by atoms with Crippen molar-refractivity contribution < 1.29 is 0 Å². The van der Waals surface area contributed by atoms with Crippen LogP contribution >= 0.6 is 0 Å². The quantitative estimate of drug-likeness (QED) is 0.144. The van der Waals surface area contributed by atoms with Crippen LogP contribution < -0.4 is 0 Å². The molecule has 466 valence electrons. The lowest BCUT2D eigenvalue weighted by Crippen LogP contribution is -2.15. The maximum atomic E-state index is 5.30. The Labute approximate surface area is 574 Å². The van der Waals surface area contributed by atoms with Gasteiger partial charge in [0.2, 0.25) is 0 Å². The van der Waals surface area contributed by atoms with Gasteiger partial charge in [0.05, 0.1) is 44.5 Å². The van der Waals surface area contributed by atoms with Crippen LogP contribution in [0, 0.1) is 0 Å². The molecule has 0 saturated carbocycles. The molecule has 18 aromatic rings. The van der Waals surface area contributed by atoms with Crippen LogP contribution in [-0.4, -0.2) is 23.7 Å². The fourth-order valence-electron chi connectivity index (χ4n) is 16.9. The second-order valence-corrected chi connectivity index (χ2v) is 28.1. The van der Waals surface area contributed by atoms with Crippen molar-refractivity contribution in [3.05, 3.63) is 344 Å². The lowest BCUT2D eigenvalue weighted by Gasteiger charge is -2.22. The van der Waals surface area contributed by atoms with Crippen LogP contribution in [0.2, 0.25) is 0 Å². The van der Waals surface area contributed by atoms with Crippen molar-refractivity contribution in [2.24, 2.45) is 0 Å². The predicted octanol–water partition coefficient (Wildman–Crippen LogP) is 24.4. The minimum atomic E-state index is -0.114. The Balaban J connectivity index is 0.724. The Hall–Kier alpha value is -12.4. The summed E-state index contributed by atoms with van der Waals surface area (Å²) >= 11 is 0. The van der Waals surface area contributed by atoms with Gasteiger partial charge in [0.1, 0.15) is 0 Å². The molecule has 2 aliphatic carbocycles. The third-order valence-corrected chi connectivity index (χ3v) is 21.9. The minimum absolute atomic E-state index is 0.114. The number of hydrogen-bond donors (Lipinski definition) is 0. The monoisotopic (exact) mass is 1260 g/mol. The molecule has 0 spiro atoms. The standard InChI is InChI=1S/C94H65N5/c1-93(2)80-27-15-11-23-70(80)72-45-43-68(55-82(72)93)98-86-29-17-13-25-74(86)76-51-63(37-47-88(76)98)65-39-49-90-78(53-65)79-54-66(64-38-48-89-77(52-64)75-26-14-18-30-87(75)99(89)69-44-46-73-71-24-12-16-28-81(71)94(3,4)83(73)56-69)40-50-91(79)97(90)67-41-35-62(36-42-67)92-95-84(60-21-9-6-10-22-60)57-85(96-92)61-33-31-59(32-34-61)58-19-7-5-8-20-58/h5-57H,1-4H3. The van der Waals surface area contributed by atoms with Crippen molar-refractivity contribution in [2.75, 3.05) is 0 Å². The summed E-state index contributed by atoms with van der Waals surface area (Å²) in [6.07, 6.45) is 0. The van der Waals surface area contributed by atoms with E-state index in [4.69, 9.17) is 9.97 Å². The van der Waals surface area contributed by atoms with E-state index >= 15 is 0 Å². The first kappa shape index (κ1) is 56.9. The molecule has 20 rings (SSSR count). The van der Waals surface area contributed by atoms with E-state index in [1.165, 1.54) is 127 Å². The van der Waals surface area contributed by atoms with Gasteiger partial charge < -0.3 is 13.7 Å². The molecule has 14 aromatic carbocycles. The summed E-state index contributed by atoms with van der Waals surface area (Å²) in [6, 6.07) is 119. The fourth-order valence-corrected chi connectivity index (χ4v) is 16.9. The molecule has 0 fully saturated rings. The normalized spacial score (nSPS) is 13.4. The average molecular weight is 1260 g/mol. The molecule has 0 bridgehead atoms. The number of nitrogens with zero attached hydrogens (tertiary/aromatic N) is 5. The van der Waals surface area contributed by atoms with E-state index < -0.39 is 0 Å². The van der Waals surface area contributed by atoms with Gasteiger partial charge in [-0.3, -0.25) is 0 Å². The summed E-state index contributed by atoms with van der Waals surface area (Å²) in [7, 11) is 0. The number of aromatic nitrogens is 5. The Bertz CT molecular complexity index is 6100. The third-order valence-electron chi connectivity index (χ3n) is 21.9. The molecule has 0 atom stereocenters. The number of fused-ring (bicyclic) bond motifs is 15. The summed E-state index contributed by atoms with van der Waals surface area (Å²) in [5, 5.41) is 7.28. The van der Waals surface area contributed by atoms with Crippen LogP contribution in [0.4, 0.5) is 0 Å². The molecule has 0 N–H and O–H groups in total. The largest absolute Gasteiger partial charge is 0.309 e. The maximum absolute atomic E-state index is 5.30. The van der Waals surface area contributed by atoms with Gasteiger partial charge in [-0.25, -0.2) is 9.97 Å². The highest BCUT2D eigenvalue weighted by atomic mass is 15.0. The molecule has 2 aliphatic rings. The van der Waals surface area contributed by atoms with Gasteiger partial charge in [0.15, 0.2) is 5.82 Å². The van der Waals surface area contributed by atoms with Gasteiger partial charge in [0, 0.05) is 76.9 Å². The molecule has 5 nitrogen and oxygen atoms in total. The van der Waals surface area contributed by atoms with Gasteiger partial charge in [-0.15, -0.1) is 0 Å². The molecule has 0 aliphatic heterocycles. The highest BCUT2D eigenvalue weighted by Crippen LogP contribution is 2.52. The van der Waals surface area contributed by atoms with Crippen LogP contribution in [0.25, 0.3) is 172 Å². The van der Waals surface area contributed by atoms with E-state index in [-0.39, 0.29) is 10.8 Å². The van der Waals surface area contributed by atoms with E-state index in [0.717, 1.165) is 61.5 Å². The lowest BCUT2D eigenvalue weighted by molar-refractivity contribution is 0.660. The first-order valence-corrected chi connectivity index (χ1v) is 34.4. The zero-order valence-corrected chi connectivity index (χ0v) is 55.3. The molecule has 4 heterocycles. The SMILES string of the molecule is CC1(C)c2ccccc2-c2ccc(-n3c4ccccc4c4cc(-c5ccc6c(c5)c5cc(-c7ccc8c(c7)c7ccccc7n8-c7ccc8c(c7)C(C)(C)c7ccccc7-8)ccc5n6-c5ccc(-c6nc(-c7ccccc7)cc(-c7ccc(-c8ccccc8)cc7)n6)cc5)ccc43)cc21. The minimum Gasteiger partial charge on any atom is -0.309 e. The Kier molecular flexibility index (Phi) is 12.4. The molecule has 0 unspecified atom stereocenters. The van der Waals surface area contributed by atoms with Crippen molar-refractivity contribution in [3.63, 3.8) is 0 Å². The second kappa shape index (κ2) is 21.5. The number of benzene rings is 14. The molecular weight excluding hydrogens is 1200 g/mol. The third kappa shape index (κ3) is 8.73. The Morgan fingerprint density at radius 1 is 0.212 bits per heavy atom. The first-order chi connectivity index (χ1) is 48.6. The van der Waals surface area contributed by atoms with Crippen LogP contribution in [0.3, 0.4) is 0 Å². The Morgan fingerprint density at radius 3 is 0.990 bits per heavy atom. The fraction of sp³-hybridized carbons (Fsp3) is 0.0638. The lowest BCUT2D eigenvalue weighted by atomic mass is 9.82. The molecule has 0 saturated heterocycles. The molecular formula is C94H65N5. The maximum Gasteiger partial charge on any atom is 0.160 e. The summed E-state index contributed by atoms with van der Waals surface area (Å²) in [4.78, 5) is 10.6. The van der Waals surface area contributed by atoms with E-state index in [2.05, 4.69) is 357 Å². The molecule has 0 radical (unpaired) electrons. The molecule has 5 heteroatoms. The number of rotatable bonds is 9. The summed E-state index contributed by atoms with van der Waals surface area (Å²) in [6.45, 7) is 9.46. The van der Waals surface area contributed by atoms with Crippen LogP contribution in [0.15, 0.2) is 322 Å².